The van der Waals surface area contributed by atoms with Crippen LogP contribution in [-0.2, 0) is 0 Å². The first-order valence-electron chi connectivity index (χ1n) is 46.2. The van der Waals surface area contributed by atoms with Crippen molar-refractivity contribution < 1.29 is 28.4 Å². The van der Waals surface area contributed by atoms with Crippen LogP contribution in [0.3, 0.4) is 0 Å². The van der Waals surface area contributed by atoms with Gasteiger partial charge in [0.1, 0.15) is 0 Å². The molecule has 1 aromatic heterocycles. The SMILES string of the molecule is CCCCCCCCCCOc1ccc(C#Cc2ccc(-c3nc(-c4ccc(C#Cc5ccc(OCCCCCCCCCC)c(OCCCCCCCCCC)c5)cc4)nc(-c4ccc(C#Cc5ccc(OCCCCCCCCCC)c(OCCCCCCCCCC)c5)cc4)n3)cc2)cc1OCCCCCCCCCC. The standard InChI is InChI=1S/C105H147N3O6/c1-7-13-19-25-31-37-43-49-79-109-97-76-67-91(85-100(97)112-82-52-46-40-34-28-22-16-10-4)58-55-88-61-70-94(71-62-88)103-106-104(95-72-63-89(64-73-95)56-59-92-68-77-98(110-80-50-44-38-32-26-20-14-8-2)101(86-92)113-83-53-47-41-35-29-23-17-11-5)108-105(107-103)96-74-65-90(66-75-96)57-60-93-69-78-99(111-81-51-45-39-33-27-21-15-9-3)102(87-93)114-84-54-48-42-36-30-24-18-12-6/h61-78,85-87H,7-54,79-84H2,1-6H3. The van der Waals surface area contributed by atoms with Gasteiger partial charge in [0.2, 0.25) is 0 Å². The first kappa shape index (κ1) is 93.0. The molecule has 114 heavy (non-hydrogen) atoms. The van der Waals surface area contributed by atoms with Gasteiger partial charge in [0, 0.05) is 50.1 Å². The van der Waals surface area contributed by atoms with Crippen molar-refractivity contribution in [1.29, 1.82) is 0 Å². The van der Waals surface area contributed by atoms with Crippen molar-refractivity contribution >= 4 is 0 Å². The number of ether oxygens (including phenoxy) is 6. The van der Waals surface area contributed by atoms with E-state index in [4.69, 9.17) is 43.4 Å². The molecule has 0 radical (unpaired) electrons. The Bertz CT molecular complexity index is 3440. The quantitative estimate of drug-likeness (QED) is 0.0273. The highest BCUT2D eigenvalue weighted by Gasteiger charge is 2.16. The number of rotatable bonds is 63. The number of benzene rings is 6. The third kappa shape index (κ3) is 39.9. The largest absolute Gasteiger partial charge is 0.490 e. The summed E-state index contributed by atoms with van der Waals surface area (Å²) in [7, 11) is 0. The van der Waals surface area contributed by atoms with Crippen molar-refractivity contribution in [2.75, 3.05) is 39.6 Å². The molecule has 0 saturated carbocycles. The van der Waals surface area contributed by atoms with E-state index in [0.717, 1.165) is 123 Å². The highest BCUT2D eigenvalue weighted by atomic mass is 16.5. The Morgan fingerprint density at radius 3 is 0.526 bits per heavy atom. The molecule has 6 aromatic carbocycles. The lowest BCUT2D eigenvalue weighted by atomic mass is 10.1. The summed E-state index contributed by atoms with van der Waals surface area (Å²) in [6, 6.07) is 43.0. The van der Waals surface area contributed by atoms with Crippen LogP contribution in [0.1, 0.15) is 383 Å². The summed E-state index contributed by atoms with van der Waals surface area (Å²) in [6.45, 7) is 17.7. The van der Waals surface area contributed by atoms with Gasteiger partial charge in [0.15, 0.2) is 52.0 Å². The third-order valence-corrected chi connectivity index (χ3v) is 21.5. The van der Waals surface area contributed by atoms with Gasteiger partial charge >= 0.3 is 0 Å². The zero-order valence-corrected chi connectivity index (χ0v) is 72.1. The van der Waals surface area contributed by atoms with Crippen LogP contribution >= 0.6 is 0 Å². The number of hydrogen-bond donors (Lipinski definition) is 0. The van der Waals surface area contributed by atoms with Crippen molar-refractivity contribution in [1.82, 2.24) is 15.0 Å². The molecule has 7 aromatic rings. The average Bonchev–Trinajstić information content (AvgIpc) is 0.795. The maximum Gasteiger partial charge on any atom is 0.164 e. The molecule has 0 spiro atoms. The lowest BCUT2D eigenvalue weighted by Gasteiger charge is -2.13. The predicted octanol–water partition coefficient (Wildman–Crippen LogP) is 30.2. The van der Waals surface area contributed by atoms with E-state index < -0.39 is 0 Å². The summed E-state index contributed by atoms with van der Waals surface area (Å²) in [5.74, 6) is 27.0. The van der Waals surface area contributed by atoms with Gasteiger partial charge in [-0.2, -0.15) is 0 Å². The van der Waals surface area contributed by atoms with Crippen LogP contribution in [-0.4, -0.2) is 54.6 Å². The minimum atomic E-state index is 0.555. The summed E-state index contributed by atoms with van der Waals surface area (Å²) in [5, 5.41) is 0. The van der Waals surface area contributed by atoms with Crippen LogP contribution < -0.4 is 28.4 Å². The van der Waals surface area contributed by atoms with E-state index in [1.165, 1.54) is 270 Å². The van der Waals surface area contributed by atoms with E-state index in [0.29, 0.717) is 57.1 Å². The summed E-state index contributed by atoms with van der Waals surface area (Å²) < 4.78 is 38.7. The Labute approximate surface area is 693 Å². The van der Waals surface area contributed by atoms with Crippen molar-refractivity contribution in [2.24, 2.45) is 0 Å². The molecule has 0 fully saturated rings. The fourth-order valence-electron chi connectivity index (χ4n) is 14.3. The Morgan fingerprint density at radius 2 is 0.333 bits per heavy atom. The molecule has 1 heterocycles. The first-order valence-corrected chi connectivity index (χ1v) is 46.2. The van der Waals surface area contributed by atoms with Crippen molar-refractivity contribution in [3.05, 3.63) is 161 Å². The van der Waals surface area contributed by atoms with Crippen LogP contribution in [0.25, 0.3) is 34.2 Å². The summed E-state index contributed by atoms with van der Waals surface area (Å²) >= 11 is 0. The predicted molar refractivity (Wildman–Crippen MR) is 482 cm³/mol. The molecule has 9 nitrogen and oxygen atoms in total. The molecule has 0 amide bonds. The third-order valence-electron chi connectivity index (χ3n) is 21.5. The molecule has 0 aliphatic heterocycles. The molecule has 0 atom stereocenters. The zero-order valence-electron chi connectivity index (χ0n) is 72.1. The highest BCUT2D eigenvalue weighted by Crippen LogP contribution is 2.34. The topological polar surface area (TPSA) is 94.1 Å². The summed E-state index contributed by atoms with van der Waals surface area (Å²) in [4.78, 5) is 15.5. The molecular formula is C105H147N3O6. The average molecular weight is 1550 g/mol. The van der Waals surface area contributed by atoms with E-state index in [2.05, 4.69) is 150 Å². The molecule has 9 heteroatoms. The summed E-state index contributed by atoms with van der Waals surface area (Å²) in [6.07, 6.45) is 60.2. The maximum absolute atomic E-state index is 6.50. The van der Waals surface area contributed by atoms with Crippen LogP contribution in [0, 0.1) is 35.5 Å². The fraction of sp³-hybridized carbons (Fsp3) is 0.571. The van der Waals surface area contributed by atoms with Gasteiger partial charge in [-0.15, -0.1) is 0 Å². The lowest BCUT2D eigenvalue weighted by Crippen LogP contribution is -2.03. The molecule has 618 valence electrons. The van der Waals surface area contributed by atoms with E-state index >= 15 is 0 Å². The first-order chi connectivity index (χ1) is 56.4. The van der Waals surface area contributed by atoms with Gasteiger partial charge in [-0.1, -0.05) is 347 Å². The van der Waals surface area contributed by atoms with Crippen molar-refractivity contribution in [2.45, 2.75) is 350 Å². The maximum atomic E-state index is 6.50. The lowest BCUT2D eigenvalue weighted by molar-refractivity contribution is 0.258. The van der Waals surface area contributed by atoms with Gasteiger partial charge in [-0.05, 0) is 166 Å². The highest BCUT2D eigenvalue weighted by molar-refractivity contribution is 5.68. The minimum Gasteiger partial charge on any atom is -0.490 e. The molecule has 0 N–H and O–H groups in total. The Kier molecular flexibility index (Phi) is 49.9. The van der Waals surface area contributed by atoms with Crippen LogP contribution in [0.2, 0.25) is 0 Å². The molecule has 0 saturated heterocycles. The number of nitrogens with zero attached hydrogens (tertiary/aromatic N) is 3. The molecule has 0 unspecified atom stereocenters. The monoisotopic (exact) mass is 1550 g/mol. The van der Waals surface area contributed by atoms with E-state index in [9.17, 15) is 0 Å². The number of unbranched alkanes of at least 4 members (excludes halogenated alkanes) is 42. The smallest absolute Gasteiger partial charge is 0.164 e. The molecule has 0 aliphatic carbocycles. The van der Waals surface area contributed by atoms with Crippen LogP contribution in [0.5, 0.6) is 34.5 Å². The second-order valence-corrected chi connectivity index (χ2v) is 31.7. The Balaban J connectivity index is 1.12. The second-order valence-electron chi connectivity index (χ2n) is 31.7. The Morgan fingerprint density at radius 1 is 0.175 bits per heavy atom. The van der Waals surface area contributed by atoms with Gasteiger partial charge in [0.25, 0.3) is 0 Å². The van der Waals surface area contributed by atoms with E-state index in [1.54, 1.807) is 0 Å². The number of hydrogen-bond acceptors (Lipinski definition) is 9. The van der Waals surface area contributed by atoms with Gasteiger partial charge in [0.05, 0.1) is 39.6 Å². The molecule has 0 aliphatic rings. The van der Waals surface area contributed by atoms with Gasteiger partial charge < -0.3 is 28.4 Å². The van der Waals surface area contributed by atoms with Gasteiger partial charge in [-0.25, -0.2) is 15.0 Å². The van der Waals surface area contributed by atoms with Crippen molar-refractivity contribution in [3.8, 4) is 104 Å². The summed E-state index contributed by atoms with van der Waals surface area (Å²) in [5.41, 5.74) is 7.81. The fourth-order valence-corrected chi connectivity index (χ4v) is 14.3. The van der Waals surface area contributed by atoms with E-state index in [1.807, 2.05) is 54.6 Å². The normalized spacial score (nSPS) is 11.0. The van der Waals surface area contributed by atoms with Crippen molar-refractivity contribution in [3.63, 3.8) is 0 Å². The molecular weight excluding hydrogens is 1400 g/mol. The molecule has 0 bridgehead atoms. The van der Waals surface area contributed by atoms with Crippen LogP contribution in [0.4, 0.5) is 0 Å². The minimum absolute atomic E-state index is 0.555. The number of aromatic nitrogens is 3. The Hall–Kier alpha value is -8.19. The zero-order chi connectivity index (χ0) is 80.0. The van der Waals surface area contributed by atoms with E-state index in [-0.39, 0.29) is 0 Å². The van der Waals surface area contributed by atoms with Gasteiger partial charge in [-0.3, -0.25) is 0 Å². The second kappa shape index (κ2) is 61.2. The van der Waals surface area contributed by atoms with Crippen LogP contribution in [0.15, 0.2) is 127 Å². The molecule has 7 rings (SSSR count).